The van der Waals surface area contributed by atoms with Gasteiger partial charge >= 0.3 is 0 Å². The molecule has 0 fully saturated rings. The lowest BCUT2D eigenvalue weighted by molar-refractivity contribution is 0.563. The van der Waals surface area contributed by atoms with Crippen molar-refractivity contribution in [3.63, 3.8) is 0 Å². The molecule has 0 saturated heterocycles. The van der Waals surface area contributed by atoms with Gasteiger partial charge in [-0.3, -0.25) is 0 Å². The molecule has 17 heavy (non-hydrogen) atoms. The van der Waals surface area contributed by atoms with Crippen molar-refractivity contribution >= 4 is 22.9 Å². The van der Waals surface area contributed by atoms with E-state index in [1.165, 1.54) is 6.07 Å². The largest absolute Gasteiger partial charge is 0.306 e. The third kappa shape index (κ3) is 2.86. The highest BCUT2D eigenvalue weighted by Crippen LogP contribution is 2.29. The van der Waals surface area contributed by atoms with Crippen molar-refractivity contribution in [3.8, 4) is 0 Å². The normalized spacial score (nSPS) is 12.6. The SMILES string of the molecule is CCNC(c1cccs1)c1cc(Cl)ccc1F. The van der Waals surface area contributed by atoms with E-state index >= 15 is 0 Å². The molecule has 2 rings (SSSR count). The van der Waals surface area contributed by atoms with Crippen molar-refractivity contribution in [1.82, 2.24) is 5.32 Å². The number of thiophene rings is 1. The third-order valence-corrected chi connectivity index (χ3v) is 3.68. The number of benzene rings is 1. The number of hydrogen-bond acceptors (Lipinski definition) is 2. The molecule has 1 aromatic heterocycles. The summed E-state index contributed by atoms with van der Waals surface area (Å²) < 4.78 is 13.8. The zero-order chi connectivity index (χ0) is 12.3. The van der Waals surface area contributed by atoms with Gasteiger partial charge in [0.25, 0.3) is 0 Å². The van der Waals surface area contributed by atoms with Crippen molar-refractivity contribution in [3.05, 3.63) is 57.0 Å². The molecule has 1 N–H and O–H groups in total. The Morgan fingerprint density at radius 1 is 1.41 bits per heavy atom. The molecule has 4 heteroatoms. The summed E-state index contributed by atoms with van der Waals surface area (Å²) in [5.41, 5.74) is 0.599. The molecule has 1 aromatic carbocycles. The summed E-state index contributed by atoms with van der Waals surface area (Å²) in [4.78, 5) is 1.09. The van der Waals surface area contributed by atoms with Crippen molar-refractivity contribution in [2.24, 2.45) is 0 Å². The molecule has 0 spiro atoms. The van der Waals surface area contributed by atoms with E-state index in [0.717, 1.165) is 11.4 Å². The van der Waals surface area contributed by atoms with Gasteiger partial charge in [0.1, 0.15) is 5.82 Å². The Morgan fingerprint density at radius 3 is 2.88 bits per heavy atom. The van der Waals surface area contributed by atoms with E-state index in [0.29, 0.717) is 10.6 Å². The van der Waals surface area contributed by atoms with Gasteiger partial charge in [0, 0.05) is 15.5 Å². The summed E-state index contributed by atoms with van der Waals surface area (Å²) in [6, 6.07) is 8.50. The van der Waals surface area contributed by atoms with Crippen LogP contribution in [0.2, 0.25) is 5.02 Å². The number of halogens is 2. The van der Waals surface area contributed by atoms with E-state index in [9.17, 15) is 4.39 Å². The predicted octanol–water partition coefficient (Wildman–Crippen LogP) is 4.24. The zero-order valence-corrected chi connectivity index (χ0v) is 11.0. The molecule has 2 aromatic rings. The molecule has 0 aliphatic carbocycles. The highest BCUT2D eigenvalue weighted by Gasteiger charge is 2.18. The highest BCUT2D eigenvalue weighted by molar-refractivity contribution is 7.10. The molecule has 0 aliphatic heterocycles. The van der Waals surface area contributed by atoms with Crippen LogP contribution < -0.4 is 5.32 Å². The quantitative estimate of drug-likeness (QED) is 0.875. The summed E-state index contributed by atoms with van der Waals surface area (Å²) in [5, 5.41) is 5.83. The van der Waals surface area contributed by atoms with Crippen LogP contribution in [-0.4, -0.2) is 6.54 Å². The molecule has 1 atom stereocenters. The molecule has 1 unspecified atom stereocenters. The monoisotopic (exact) mass is 269 g/mol. The molecule has 0 saturated carbocycles. The molecule has 0 bridgehead atoms. The maximum absolute atomic E-state index is 13.8. The Hall–Kier alpha value is -0.900. The van der Waals surface area contributed by atoms with E-state index in [4.69, 9.17) is 11.6 Å². The molecule has 1 heterocycles. The maximum atomic E-state index is 13.8. The minimum atomic E-state index is -0.228. The fourth-order valence-corrected chi connectivity index (χ4v) is 2.76. The van der Waals surface area contributed by atoms with Crippen LogP contribution in [-0.2, 0) is 0 Å². The molecule has 0 aliphatic rings. The maximum Gasteiger partial charge on any atom is 0.128 e. The van der Waals surface area contributed by atoms with Crippen LogP contribution in [0.5, 0.6) is 0 Å². The van der Waals surface area contributed by atoms with Gasteiger partial charge < -0.3 is 5.32 Å². The van der Waals surface area contributed by atoms with Crippen LogP contribution in [0.1, 0.15) is 23.4 Å². The van der Waals surface area contributed by atoms with Gasteiger partial charge in [-0.25, -0.2) is 4.39 Å². The Labute approximate surface area is 109 Å². The molecular formula is C13H13ClFNS. The molecule has 1 nitrogen and oxygen atoms in total. The third-order valence-electron chi connectivity index (χ3n) is 2.50. The summed E-state index contributed by atoms with van der Waals surface area (Å²) in [7, 11) is 0. The van der Waals surface area contributed by atoms with Crippen LogP contribution >= 0.6 is 22.9 Å². The topological polar surface area (TPSA) is 12.0 Å². The summed E-state index contributed by atoms with van der Waals surface area (Å²) in [6.45, 7) is 2.78. The first-order valence-corrected chi connectivity index (χ1v) is 6.70. The standard InChI is InChI=1S/C13H13ClFNS/c1-2-16-13(12-4-3-7-17-12)10-8-9(14)5-6-11(10)15/h3-8,13,16H,2H2,1H3. The Balaban J connectivity index is 2.42. The van der Waals surface area contributed by atoms with Crippen LogP contribution in [0.4, 0.5) is 4.39 Å². The molecular weight excluding hydrogens is 257 g/mol. The van der Waals surface area contributed by atoms with E-state index in [-0.39, 0.29) is 11.9 Å². The Morgan fingerprint density at radius 2 is 2.24 bits per heavy atom. The van der Waals surface area contributed by atoms with Gasteiger partial charge in [0.05, 0.1) is 6.04 Å². The van der Waals surface area contributed by atoms with Crippen molar-refractivity contribution in [1.29, 1.82) is 0 Å². The Bertz CT molecular complexity index is 484. The fourth-order valence-electron chi connectivity index (χ4n) is 1.76. The minimum absolute atomic E-state index is 0.126. The Kier molecular flexibility index (Phi) is 4.15. The van der Waals surface area contributed by atoms with E-state index in [2.05, 4.69) is 5.32 Å². The summed E-state index contributed by atoms with van der Waals surface area (Å²) in [6.07, 6.45) is 0. The summed E-state index contributed by atoms with van der Waals surface area (Å²) in [5.74, 6) is -0.228. The van der Waals surface area contributed by atoms with Crippen molar-refractivity contribution in [2.75, 3.05) is 6.54 Å². The summed E-state index contributed by atoms with van der Waals surface area (Å²) >= 11 is 7.54. The fraction of sp³-hybridized carbons (Fsp3) is 0.231. The first-order chi connectivity index (χ1) is 8.22. The number of rotatable bonds is 4. The van der Waals surface area contributed by atoms with Crippen LogP contribution in [0.25, 0.3) is 0 Å². The molecule has 0 radical (unpaired) electrons. The van der Waals surface area contributed by atoms with E-state index in [1.807, 2.05) is 24.4 Å². The van der Waals surface area contributed by atoms with Crippen LogP contribution in [0.3, 0.4) is 0 Å². The van der Waals surface area contributed by atoms with Crippen LogP contribution in [0.15, 0.2) is 35.7 Å². The lowest BCUT2D eigenvalue weighted by Crippen LogP contribution is -2.22. The predicted molar refractivity (Wildman–Crippen MR) is 71.2 cm³/mol. The van der Waals surface area contributed by atoms with Gasteiger partial charge in [0.2, 0.25) is 0 Å². The van der Waals surface area contributed by atoms with Crippen molar-refractivity contribution < 1.29 is 4.39 Å². The first kappa shape index (κ1) is 12.6. The van der Waals surface area contributed by atoms with Crippen molar-refractivity contribution in [2.45, 2.75) is 13.0 Å². The minimum Gasteiger partial charge on any atom is -0.306 e. The highest BCUT2D eigenvalue weighted by atomic mass is 35.5. The average molecular weight is 270 g/mol. The second-order valence-electron chi connectivity index (χ2n) is 3.67. The second-order valence-corrected chi connectivity index (χ2v) is 5.09. The number of hydrogen-bond donors (Lipinski definition) is 1. The van der Waals surface area contributed by atoms with E-state index in [1.54, 1.807) is 23.5 Å². The lowest BCUT2D eigenvalue weighted by Gasteiger charge is -2.17. The second kappa shape index (κ2) is 5.63. The van der Waals surface area contributed by atoms with Gasteiger partial charge in [-0.05, 0) is 36.2 Å². The number of nitrogens with one attached hydrogen (secondary N) is 1. The zero-order valence-electron chi connectivity index (χ0n) is 9.41. The van der Waals surface area contributed by atoms with Crippen LogP contribution in [0, 0.1) is 5.82 Å². The van der Waals surface area contributed by atoms with E-state index < -0.39 is 0 Å². The lowest BCUT2D eigenvalue weighted by atomic mass is 10.0. The van der Waals surface area contributed by atoms with Gasteiger partial charge in [-0.15, -0.1) is 11.3 Å². The average Bonchev–Trinajstić information content (AvgIpc) is 2.83. The molecule has 0 amide bonds. The van der Waals surface area contributed by atoms with Gasteiger partial charge in [-0.1, -0.05) is 24.6 Å². The smallest absolute Gasteiger partial charge is 0.128 e. The van der Waals surface area contributed by atoms with Gasteiger partial charge in [-0.2, -0.15) is 0 Å². The first-order valence-electron chi connectivity index (χ1n) is 5.44. The van der Waals surface area contributed by atoms with Gasteiger partial charge in [0.15, 0.2) is 0 Å². The molecule has 90 valence electrons.